The summed E-state index contributed by atoms with van der Waals surface area (Å²) in [5.41, 5.74) is 1.15. The van der Waals surface area contributed by atoms with Gasteiger partial charge in [0.2, 0.25) is 0 Å². The van der Waals surface area contributed by atoms with E-state index >= 15 is 0 Å². The summed E-state index contributed by atoms with van der Waals surface area (Å²) >= 11 is 3.47. The van der Waals surface area contributed by atoms with Crippen LogP contribution in [0, 0.1) is 0 Å². The summed E-state index contributed by atoms with van der Waals surface area (Å²) in [5.74, 6) is 1.62. The first-order valence-electron chi connectivity index (χ1n) is 4.77. The first kappa shape index (κ1) is 10.8. The van der Waals surface area contributed by atoms with Gasteiger partial charge in [-0.25, -0.2) is 0 Å². The Morgan fingerprint density at radius 3 is 2.67 bits per heavy atom. The van der Waals surface area contributed by atoms with Crippen LogP contribution in [0.3, 0.4) is 0 Å². The van der Waals surface area contributed by atoms with E-state index in [1.54, 1.807) is 14.2 Å². The van der Waals surface area contributed by atoms with Crippen molar-refractivity contribution in [1.82, 2.24) is 0 Å². The number of hydrogen-bond acceptors (Lipinski definition) is 3. The van der Waals surface area contributed by atoms with Gasteiger partial charge in [0, 0.05) is 6.42 Å². The van der Waals surface area contributed by atoms with Crippen molar-refractivity contribution < 1.29 is 14.2 Å². The molecule has 0 amide bonds. The molecule has 3 nitrogen and oxygen atoms in total. The number of benzene rings is 1. The summed E-state index contributed by atoms with van der Waals surface area (Å²) in [6, 6.07) is 3.95. The van der Waals surface area contributed by atoms with Gasteiger partial charge in [-0.1, -0.05) is 6.07 Å². The minimum atomic E-state index is 0.360. The molecule has 1 aliphatic rings. The molecule has 1 aromatic rings. The molecule has 0 aliphatic carbocycles. The van der Waals surface area contributed by atoms with E-state index in [0.717, 1.165) is 34.6 Å². The Hall–Kier alpha value is -0.740. The number of epoxide rings is 1. The average molecular weight is 273 g/mol. The molecule has 0 spiro atoms. The molecule has 15 heavy (non-hydrogen) atoms. The molecule has 0 bridgehead atoms. The molecule has 0 saturated carbocycles. The predicted octanol–water partition coefficient (Wildman–Crippen LogP) is 2.41. The van der Waals surface area contributed by atoms with Crippen LogP contribution in [0.25, 0.3) is 0 Å². The van der Waals surface area contributed by atoms with E-state index < -0.39 is 0 Å². The van der Waals surface area contributed by atoms with Crippen LogP contribution in [-0.2, 0) is 11.2 Å². The van der Waals surface area contributed by atoms with Crippen LogP contribution in [0.15, 0.2) is 16.6 Å². The van der Waals surface area contributed by atoms with Gasteiger partial charge in [-0.15, -0.1) is 0 Å². The van der Waals surface area contributed by atoms with E-state index in [9.17, 15) is 0 Å². The zero-order chi connectivity index (χ0) is 10.8. The third-order valence-electron chi connectivity index (χ3n) is 2.42. The molecule has 4 heteroatoms. The zero-order valence-corrected chi connectivity index (χ0v) is 10.3. The summed E-state index contributed by atoms with van der Waals surface area (Å²) in [7, 11) is 3.31. The van der Waals surface area contributed by atoms with Crippen LogP contribution in [0.5, 0.6) is 11.5 Å². The quantitative estimate of drug-likeness (QED) is 0.789. The molecule has 1 atom stereocenters. The standard InChI is InChI=1S/C11H13BrO3/c1-13-9-4-3-7(5-8-6-15-8)11(14-2)10(9)12/h3-4,8H,5-6H2,1-2H3. The maximum atomic E-state index is 5.36. The molecule has 0 N–H and O–H groups in total. The molecule has 1 fully saturated rings. The van der Waals surface area contributed by atoms with Crippen molar-refractivity contribution in [3.05, 3.63) is 22.2 Å². The van der Waals surface area contributed by atoms with E-state index in [2.05, 4.69) is 15.9 Å². The summed E-state index contributed by atoms with van der Waals surface area (Å²) in [6.07, 6.45) is 1.25. The number of ether oxygens (including phenoxy) is 3. The van der Waals surface area contributed by atoms with Crippen LogP contribution in [0.1, 0.15) is 5.56 Å². The molecule has 1 aromatic carbocycles. The second-order valence-electron chi connectivity index (χ2n) is 3.43. The second kappa shape index (κ2) is 4.41. The monoisotopic (exact) mass is 272 g/mol. The molecular formula is C11H13BrO3. The Bertz CT molecular complexity index is 361. The molecule has 2 rings (SSSR count). The maximum Gasteiger partial charge on any atom is 0.140 e. The Morgan fingerprint density at radius 1 is 1.40 bits per heavy atom. The van der Waals surface area contributed by atoms with Crippen molar-refractivity contribution >= 4 is 15.9 Å². The third-order valence-corrected chi connectivity index (χ3v) is 3.17. The van der Waals surface area contributed by atoms with Crippen molar-refractivity contribution in [2.45, 2.75) is 12.5 Å². The van der Waals surface area contributed by atoms with Crippen molar-refractivity contribution in [1.29, 1.82) is 0 Å². The fraction of sp³-hybridized carbons (Fsp3) is 0.455. The van der Waals surface area contributed by atoms with Gasteiger partial charge in [0.15, 0.2) is 0 Å². The van der Waals surface area contributed by atoms with Crippen LogP contribution in [0.4, 0.5) is 0 Å². The van der Waals surface area contributed by atoms with Crippen LogP contribution >= 0.6 is 15.9 Å². The normalized spacial score (nSPS) is 18.7. The highest BCUT2D eigenvalue weighted by atomic mass is 79.9. The van der Waals surface area contributed by atoms with Crippen LogP contribution in [-0.4, -0.2) is 26.9 Å². The highest BCUT2D eigenvalue weighted by Crippen LogP contribution is 2.38. The van der Waals surface area contributed by atoms with Gasteiger partial charge in [-0.3, -0.25) is 0 Å². The van der Waals surface area contributed by atoms with E-state index in [-0.39, 0.29) is 0 Å². The van der Waals surface area contributed by atoms with Gasteiger partial charge < -0.3 is 14.2 Å². The van der Waals surface area contributed by atoms with Gasteiger partial charge in [0.05, 0.1) is 26.9 Å². The SMILES string of the molecule is COc1ccc(CC2CO2)c(OC)c1Br. The fourth-order valence-electron chi connectivity index (χ4n) is 1.55. The summed E-state index contributed by atoms with van der Waals surface area (Å²) < 4.78 is 16.6. The first-order valence-corrected chi connectivity index (χ1v) is 5.56. The molecule has 1 unspecified atom stereocenters. The highest BCUT2D eigenvalue weighted by Gasteiger charge is 2.25. The summed E-state index contributed by atoms with van der Waals surface area (Å²) in [5, 5.41) is 0. The Morgan fingerprint density at radius 2 is 2.13 bits per heavy atom. The van der Waals surface area contributed by atoms with Crippen molar-refractivity contribution in [2.24, 2.45) is 0 Å². The lowest BCUT2D eigenvalue weighted by atomic mass is 10.1. The van der Waals surface area contributed by atoms with Gasteiger partial charge in [0.25, 0.3) is 0 Å². The molecule has 1 heterocycles. The number of hydrogen-bond donors (Lipinski definition) is 0. The van der Waals surface area contributed by atoms with E-state index in [1.165, 1.54) is 0 Å². The molecule has 82 valence electrons. The number of rotatable bonds is 4. The predicted molar refractivity (Wildman–Crippen MR) is 60.7 cm³/mol. The van der Waals surface area contributed by atoms with Gasteiger partial charge >= 0.3 is 0 Å². The number of halogens is 1. The maximum absolute atomic E-state index is 5.36. The minimum Gasteiger partial charge on any atom is -0.495 e. The third kappa shape index (κ3) is 2.26. The molecule has 0 radical (unpaired) electrons. The lowest BCUT2D eigenvalue weighted by molar-refractivity contribution is 0.378. The second-order valence-corrected chi connectivity index (χ2v) is 4.23. The topological polar surface area (TPSA) is 31.0 Å². The summed E-state index contributed by atoms with van der Waals surface area (Å²) in [6.45, 7) is 0.854. The minimum absolute atomic E-state index is 0.360. The first-order chi connectivity index (χ1) is 7.26. The largest absolute Gasteiger partial charge is 0.495 e. The van der Waals surface area contributed by atoms with E-state index in [0.29, 0.717) is 6.10 Å². The number of methoxy groups -OCH3 is 2. The van der Waals surface area contributed by atoms with Crippen molar-refractivity contribution in [3.63, 3.8) is 0 Å². The lowest BCUT2D eigenvalue weighted by Crippen LogP contribution is -1.99. The van der Waals surface area contributed by atoms with Gasteiger partial charge in [-0.05, 0) is 27.6 Å². The van der Waals surface area contributed by atoms with E-state index in [4.69, 9.17) is 14.2 Å². The van der Waals surface area contributed by atoms with Crippen molar-refractivity contribution in [3.8, 4) is 11.5 Å². The molecular weight excluding hydrogens is 260 g/mol. The van der Waals surface area contributed by atoms with Crippen LogP contribution in [0.2, 0.25) is 0 Å². The Kier molecular flexibility index (Phi) is 3.17. The Balaban J connectivity index is 2.32. The summed E-state index contributed by atoms with van der Waals surface area (Å²) in [4.78, 5) is 0. The van der Waals surface area contributed by atoms with Gasteiger partial charge in [-0.2, -0.15) is 0 Å². The van der Waals surface area contributed by atoms with Crippen molar-refractivity contribution in [2.75, 3.05) is 20.8 Å². The molecule has 0 aromatic heterocycles. The van der Waals surface area contributed by atoms with E-state index in [1.807, 2.05) is 12.1 Å². The molecule has 1 aliphatic heterocycles. The highest BCUT2D eigenvalue weighted by molar-refractivity contribution is 9.10. The molecule has 1 saturated heterocycles. The lowest BCUT2D eigenvalue weighted by Gasteiger charge is -2.12. The van der Waals surface area contributed by atoms with Gasteiger partial charge in [0.1, 0.15) is 16.0 Å². The smallest absolute Gasteiger partial charge is 0.140 e. The Labute approximate surface area is 97.5 Å². The average Bonchev–Trinajstić information content (AvgIpc) is 3.03. The van der Waals surface area contributed by atoms with Crippen LogP contribution < -0.4 is 9.47 Å². The fourth-order valence-corrected chi connectivity index (χ4v) is 2.26. The zero-order valence-electron chi connectivity index (χ0n) is 8.75.